The van der Waals surface area contributed by atoms with Gasteiger partial charge < -0.3 is 9.67 Å². The molecule has 0 amide bonds. The summed E-state index contributed by atoms with van der Waals surface area (Å²) in [5.74, 6) is 0.678. The number of hydrogen-bond donors (Lipinski definition) is 1. The Labute approximate surface area is 165 Å². The minimum atomic E-state index is -0.861. The van der Waals surface area contributed by atoms with Crippen LogP contribution in [0.3, 0.4) is 0 Å². The number of likely N-dealkylation sites (tertiary alicyclic amines) is 1. The molecule has 146 valence electrons. The van der Waals surface area contributed by atoms with E-state index < -0.39 is 12.0 Å². The van der Waals surface area contributed by atoms with E-state index in [1.54, 1.807) is 6.92 Å². The van der Waals surface area contributed by atoms with Gasteiger partial charge in [0.2, 0.25) is 0 Å². The van der Waals surface area contributed by atoms with Crippen molar-refractivity contribution in [3.63, 3.8) is 0 Å². The van der Waals surface area contributed by atoms with Crippen molar-refractivity contribution in [3.8, 4) is 11.4 Å². The average molecular weight is 377 g/mol. The number of piperidine rings is 1. The van der Waals surface area contributed by atoms with Crippen LogP contribution in [-0.4, -0.2) is 38.6 Å². The summed E-state index contributed by atoms with van der Waals surface area (Å²) >= 11 is 0. The number of fused-ring (bicyclic) bond motifs is 1. The third kappa shape index (κ3) is 3.67. The average Bonchev–Trinajstić information content (AvgIpc) is 3.09. The monoisotopic (exact) mass is 377 g/mol. The molecular formula is C23H27N3O2. The zero-order valence-electron chi connectivity index (χ0n) is 16.5. The highest BCUT2D eigenvalue weighted by molar-refractivity contribution is 5.84. The van der Waals surface area contributed by atoms with Crippen molar-refractivity contribution in [1.82, 2.24) is 14.5 Å². The van der Waals surface area contributed by atoms with E-state index in [1.165, 1.54) is 18.4 Å². The number of rotatable bonds is 5. The maximum Gasteiger partial charge on any atom is 0.326 e. The first-order valence-electron chi connectivity index (χ1n) is 10.0. The predicted molar refractivity (Wildman–Crippen MR) is 111 cm³/mol. The maximum atomic E-state index is 11.7. The molecule has 0 saturated carbocycles. The summed E-state index contributed by atoms with van der Waals surface area (Å²) in [6, 6.07) is 15.4. The van der Waals surface area contributed by atoms with Crippen LogP contribution in [0.4, 0.5) is 0 Å². The first kappa shape index (κ1) is 18.7. The van der Waals surface area contributed by atoms with E-state index in [2.05, 4.69) is 36.1 Å². The van der Waals surface area contributed by atoms with Gasteiger partial charge in [-0.25, -0.2) is 9.78 Å². The normalized spacial score (nSPS) is 17.1. The Morgan fingerprint density at radius 3 is 2.50 bits per heavy atom. The molecule has 1 aliphatic heterocycles. The minimum Gasteiger partial charge on any atom is -0.480 e. The number of para-hydroxylation sites is 2. The van der Waals surface area contributed by atoms with Gasteiger partial charge >= 0.3 is 5.97 Å². The molecule has 5 nitrogen and oxygen atoms in total. The standard InChI is InChI=1S/C23H27N3O2/c1-16-11-13-25(14-12-16)15-18-7-9-19(10-8-18)22-24-20-5-3-4-6-21(20)26(22)17(2)23(27)28/h3-10,16-17H,11-15H2,1-2H3,(H,27,28). The van der Waals surface area contributed by atoms with E-state index in [1.807, 2.05) is 28.8 Å². The molecule has 1 atom stereocenters. The lowest BCUT2D eigenvalue weighted by Gasteiger charge is -2.30. The molecule has 3 aromatic rings. The van der Waals surface area contributed by atoms with Crippen molar-refractivity contribution in [2.24, 2.45) is 5.92 Å². The second-order valence-electron chi connectivity index (χ2n) is 7.96. The number of carboxylic acids is 1. The predicted octanol–water partition coefficient (Wildman–Crippen LogP) is 4.58. The second kappa shape index (κ2) is 7.76. The lowest BCUT2D eigenvalue weighted by molar-refractivity contribution is -0.140. The lowest BCUT2D eigenvalue weighted by atomic mass is 9.99. The molecule has 5 heteroatoms. The number of hydrogen-bond acceptors (Lipinski definition) is 3. The first-order valence-corrected chi connectivity index (χ1v) is 10.0. The SMILES string of the molecule is CC1CCN(Cc2ccc(-c3nc4ccccc4n3C(C)C(=O)O)cc2)CC1. The molecular weight excluding hydrogens is 350 g/mol. The fraction of sp³-hybridized carbons (Fsp3) is 0.391. The molecule has 0 radical (unpaired) electrons. The van der Waals surface area contributed by atoms with E-state index in [4.69, 9.17) is 4.98 Å². The van der Waals surface area contributed by atoms with Gasteiger partial charge in [0.15, 0.2) is 0 Å². The van der Waals surface area contributed by atoms with Crippen molar-refractivity contribution < 1.29 is 9.90 Å². The molecule has 28 heavy (non-hydrogen) atoms. The minimum absolute atomic E-state index is 0.683. The molecule has 1 N–H and O–H groups in total. The van der Waals surface area contributed by atoms with E-state index in [0.29, 0.717) is 5.82 Å². The number of carbonyl (C=O) groups is 1. The molecule has 1 fully saturated rings. The second-order valence-corrected chi connectivity index (χ2v) is 7.96. The lowest BCUT2D eigenvalue weighted by Crippen LogP contribution is -2.32. The summed E-state index contributed by atoms with van der Waals surface area (Å²) in [5.41, 5.74) is 3.89. The van der Waals surface area contributed by atoms with E-state index in [-0.39, 0.29) is 0 Å². The zero-order valence-corrected chi connectivity index (χ0v) is 16.5. The van der Waals surface area contributed by atoms with Gasteiger partial charge in [0, 0.05) is 12.1 Å². The number of carboxylic acid groups (broad SMARTS) is 1. The molecule has 2 aromatic carbocycles. The molecule has 0 bridgehead atoms. The molecule has 4 rings (SSSR count). The van der Waals surface area contributed by atoms with Gasteiger partial charge in [-0.2, -0.15) is 0 Å². The molecule has 0 aliphatic carbocycles. The third-order valence-corrected chi connectivity index (χ3v) is 5.84. The van der Waals surface area contributed by atoms with Crippen LogP contribution in [0.25, 0.3) is 22.4 Å². The Kier molecular flexibility index (Phi) is 5.18. The Morgan fingerprint density at radius 1 is 1.14 bits per heavy atom. The van der Waals surface area contributed by atoms with E-state index >= 15 is 0 Å². The Hall–Kier alpha value is -2.66. The first-order chi connectivity index (χ1) is 13.5. The summed E-state index contributed by atoms with van der Waals surface area (Å²) < 4.78 is 1.82. The van der Waals surface area contributed by atoms with Crippen molar-refractivity contribution in [2.75, 3.05) is 13.1 Å². The Balaban J connectivity index is 1.63. The Morgan fingerprint density at radius 2 is 1.82 bits per heavy atom. The molecule has 1 saturated heterocycles. The van der Waals surface area contributed by atoms with Crippen LogP contribution in [0.15, 0.2) is 48.5 Å². The van der Waals surface area contributed by atoms with Gasteiger partial charge in [0.05, 0.1) is 11.0 Å². The summed E-state index contributed by atoms with van der Waals surface area (Å²) in [6.07, 6.45) is 2.55. The number of benzene rings is 2. The summed E-state index contributed by atoms with van der Waals surface area (Å²) in [7, 11) is 0. The quantitative estimate of drug-likeness (QED) is 0.707. The highest BCUT2D eigenvalue weighted by Crippen LogP contribution is 2.29. The highest BCUT2D eigenvalue weighted by Gasteiger charge is 2.22. The number of imidazole rings is 1. The van der Waals surface area contributed by atoms with Crippen molar-refractivity contribution in [3.05, 3.63) is 54.1 Å². The van der Waals surface area contributed by atoms with Crippen LogP contribution >= 0.6 is 0 Å². The fourth-order valence-corrected chi connectivity index (χ4v) is 3.99. The van der Waals surface area contributed by atoms with E-state index in [0.717, 1.165) is 42.1 Å². The third-order valence-electron chi connectivity index (χ3n) is 5.84. The van der Waals surface area contributed by atoms with Gasteiger partial charge in [-0.05, 0) is 56.5 Å². The summed E-state index contributed by atoms with van der Waals surface area (Å²) in [4.78, 5) is 18.9. The molecule has 1 aliphatic rings. The van der Waals surface area contributed by atoms with Gasteiger partial charge in [-0.15, -0.1) is 0 Å². The Bertz CT molecular complexity index is 969. The smallest absolute Gasteiger partial charge is 0.326 e. The van der Waals surface area contributed by atoms with Crippen LogP contribution < -0.4 is 0 Å². The van der Waals surface area contributed by atoms with Gasteiger partial charge in [-0.3, -0.25) is 4.90 Å². The van der Waals surface area contributed by atoms with E-state index in [9.17, 15) is 9.90 Å². The topological polar surface area (TPSA) is 58.4 Å². The van der Waals surface area contributed by atoms with Crippen molar-refractivity contribution in [1.29, 1.82) is 0 Å². The van der Waals surface area contributed by atoms with Crippen molar-refractivity contribution >= 4 is 17.0 Å². The number of aliphatic carboxylic acids is 1. The summed E-state index contributed by atoms with van der Waals surface area (Å²) in [5, 5.41) is 9.58. The molecule has 0 spiro atoms. The zero-order chi connectivity index (χ0) is 19.7. The summed E-state index contributed by atoms with van der Waals surface area (Å²) in [6.45, 7) is 7.32. The van der Waals surface area contributed by atoms with Crippen LogP contribution in [0.2, 0.25) is 0 Å². The fourth-order valence-electron chi connectivity index (χ4n) is 3.99. The highest BCUT2D eigenvalue weighted by atomic mass is 16.4. The molecule has 2 heterocycles. The van der Waals surface area contributed by atoms with Crippen LogP contribution in [0, 0.1) is 5.92 Å². The van der Waals surface area contributed by atoms with Gasteiger partial charge in [0.25, 0.3) is 0 Å². The van der Waals surface area contributed by atoms with Crippen LogP contribution in [0.5, 0.6) is 0 Å². The number of aromatic nitrogens is 2. The maximum absolute atomic E-state index is 11.7. The van der Waals surface area contributed by atoms with Crippen LogP contribution in [-0.2, 0) is 11.3 Å². The molecule has 1 aromatic heterocycles. The van der Waals surface area contributed by atoms with Crippen molar-refractivity contribution in [2.45, 2.75) is 39.3 Å². The van der Waals surface area contributed by atoms with Gasteiger partial charge in [-0.1, -0.05) is 43.3 Å². The van der Waals surface area contributed by atoms with Gasteiger partial charge in [0.1, 0.15) is 11.9 Å². The van der Waals surface area contributed by atoms with Crippen LogP contribution in [0.1, 0.15) is 38.3 Å². The molecule has 1 unspecified atom stereocenters. The number of nitrogens with zero attached hydrogens (tertiary/aromatic N) is 3. The largest absolute Gasteiger partial charge is 0.480 e.